The van der Waals surface area contributed by atoms with E-state index in [1.165, 1.54) is 0 Å². The largest absolute Gasteiger partial charge is 0.387 e. The summed E-state index contributed by atoms with van der Waals surface area (Å²) in [6, 6.07) is 7.71. The Morgan fingerprint density at radius 3 is 2.47 bits per heavy atom. The number of anilines is 1. The lowest BCUT2D eigenvalue weighted by atomic mass is 10.3. The molecular formula is C12H18ClNO2Si. The Kier molecular flexibility index (Phi) is 7.28. The molecule has 0 fully saturated rings. The lowest BCUT2D eigenvalue weighted by Gasteiger charge is -2.16. The van der Waals surface area contributed by atoms with Crippen molar-refractivity contribution in [3.05, 3.63) is 29.3 Å². The van der Waals surface area contributed by atoms with Crippen molar-refractivity contribution >= 4 is 26.8 Å². The number of nitrogens with one attached hydrogen (secondary N) is 1. The molecule has 0 heterocycles. The highest BCUT2D eigenvalue weighted by Gasteiger charge is 2.08. The number of halogens is 1. The number of hydrogen-bond donors (Lipinski definition) is 1. The van der Waals surface area contributed by atoms with Gasteiger partial charge in [-0.3, -0.25) is 0 Å². The van der Waals surface area contributed by atoms with Gasteiger partial charge in [0.1, 0.15) is 15.4 Å². The van der Waals surface area contributed by atoms with Gasteiger partial charge in [-0.2, -0.15) is 0 Å². The molecule has 0 aliphatic carbocycles. The van der Waals surface area contributed by atoms with Crippen LogP contribution in [0.5, 0.6) is 0 Å². The van der Waals surface area contributed by atoms with Crippen LogP contribution in [0, 0.1) is 0 Å². The molecule has 0 aromatic heterocycles. The van der Waals surface area contributed by atoms with Crippen LogP contribution in [-0.2, 0) is 9.47 Å². The van der Waals surface area contributed by atoms with Crippen molar-refractivity contribution in [3.8, 4) is 0 Å². The Bertz CT molecular complexity index is 319. The molecule has 0 saturated carbocycles. The van der Waals surface area contributed by atoms with E-state index >= 15 is 0 Å². The third-order valence-corrected chi connectivity index (χ3v) is 3.43. The lowest BCUT2D eigenvalue weighted by molar-refractivity contribution is -0.0825. The van der Waals surface area contributed by atoms with Crippen LogP contribution in [0.15, 0.2) is 24.3 Å². The van der Waals surface area contributed by atoms with E-state index in [1.807, 2.05) is 38.1 Å². The van der Waals surface area contributed by atoms with Crippen LogP contribution in [0.3, 0.4) is 0 Å². The Hall–Kier alpha value is -0.553. The summed E-state index contributed by atoms with van der Waals surface area (Å²) >= 11 is 6.04. The zero-order chi connectivity index (χ0) is 12.5. The average Bonchev–Trinajstić information content (AvgIpc) is 2.32. The zero-order valence-corrected chi connectivity index (χ0v) is 12.0. The van der Waals surface area contributed by atoms with Crippen molar-refractivity contribution < 1.29 is 9.47 Å². The minimum atomic E-state index is -0.111. The van der Waals surface area contributed by atoms with Gasteiger partial charge in [-0.05, 0) is 26.0 Å². The van der Waals surface area contributed by atoms with Crippen LogP contribution in [0.4, 0.5) is 5.69 Å². The van der Waals surface area contributed by atoms with Crippen LogP contribution >= 0.6 is 11.6 Å². The molecule has 3 nitrogen and oxygen atoms in total. The fraction of sp³-hybridized carbons (Fsp3) is 0.500. The first-order chi connectivity index (χ1) is 8.27. The summed E-state index contributed by atoms with van der Waals surface area (Å²) in [5.41, 5.74) is 0.952. The molecule has 0 amide bonds. The maximum Gasteiger partial charge on any atom is 0.141 e. The fourth-order valence-corrected chi connectivity index (χ4v) is 2.53. The zero-order valence-electron chi connectivity index (χ0n) is 10.2. The van der Waals surface area contributed by atoms with Crippen LogP contribution in [0.2, 0.25) is 5.02 Å². The second-order valence-electron chi connectivity index (χ2n) is 3.28. The lowest BCUT2D eigenvalue weighted by Crippen LogP contribution is -2.29. The molecule has 1 aromatic carbocycles. The second kappa shape index (κ2) is 8.52. The summed E-state index contributed by atoms with van der Waals surface area (Å²) in [4.78, 5) is 0. The highest BCUT2D eigenvalue weighted by molar-refractivity contribution is 6.38. The molecule has 0 aliphatic heterocycles. The summed E-state index contributed by atoms with van der Waals surface area (Å²) in [6.45, 7) is 5.28. The molecule has 0 aliphatic rings. The van der Waals surface area contributed by atoms with Crippen molar-refractivity contribution in [2.24, 2.45) is 0 Å². The number of rotatable bonds is 8. The predicted octanol–water partition coefficient (Wildman–Crippen LogP) is 2.77. The molecule has 0 atom stereocenters. The Labute approximate surface area is 110 Å². The van der Waals surface area contributed by atoms with Gasteiger partial charge in [-0.1, -0.05) is 23.7 Å². The van der Waals surface area contributed by atoms with Crippen LogP contribution in [0.25, 0.3) is 0 Å². The van der Waals surface area contributed by atoms with Crippen molar-refractivity contribution in [1.82, 2.24) is 0 Å². The van der Waals surface area contributed by atoms with Gasteiger partial charge in [0.05, 0.1) is 10.7 Å². The van der Waals surface area contributed by atoms with Gasteiger partial charge in [0.25, 0.3) is 0 Å². The summed E-state index contributed by atoms with van der Waals surface area (Å²) in [5, 5.41) is 4.02. The molecule has 94 valence electrons. The molecule has 0 unspecified atom stereocenters. The molecule has 5 heteroatoms. The number of benzene rings is 1. The Morgan fingerprint density at radius 1 is 1.24 bits per heavy atom. The number of hydrogen-bond acceptors (Lipinski definition) is 3. The van der Waals surface area contributed by atoms with Crippen LogP contribution < -0.4 is 5.32 Å². The van der Waals surface area contributed by atoms with Crippen LogP contribution in [-0.4, -0.2) is 34.8 Å². The van der Waals surface area contributed by atoms with E-state index in [4.69, 9.17) is 21.1 Å². The molecule has 0 spiro atoms. The third kappa shape index (κ3) is 5.54. The van der Waals surface area contributed by atoms with Gasteiger partial charge in [-0.25, -0.2) is 0 Å². The maximum atomic E-state index is 6.04. The molecule has 1 N–H and O–H groups in total. The van der Waals surface area contributed by atoms with Gasteiger partial charge >= 0.3 is 0 Å². The third-order valence-electron chi connectivity index (χ3n) is 2.06. The molecular weight excluding hydrogens is 254 g/mol. The summed E-state index contributed by atoms with van der Waals surface area (Å²) < 4.78 is 10.9. The molecule has 0 saturated heterocycles. The average molecular weight is 272 g/mol. The molecule has 17 heavy (non-hydrogen) atoms. The molecule has 0 bridgehead atoms. The molecule has 1 aromatic rings. The molecule has 1 rings (SSSR count). The summed E-state index contributed by atoms with van der Waals surface area (Å²) in [6.07, 6.45) is 0.800. The smallest absolute Gasteiger partial charge is 0.141 e. The van der Waals surface area contributed by atoms with Gasteiger partial charge in [-0.15, -0.1) is 0 Å². The minimum absolute atomic E-state index is 0.111. The monoisotopic (exact) mass is 271 g/mol. The van der Waals surface area contributed by atoms with Crippen molar-refractivity contribution in [3.63, 3.8) is 0 Å². The Balaban J connectivity index is 2.33. The number of para-hydroxylation sites is 1. The quantitative estimate of drug-likeness (QED) is 0.583. The van der Waals surface area contributed by atoms with Gasteiger partial charge in [0.15, 0.2) is 0 Å². The van der Waals surface area contributed by atoms with Gasteiger partial charge in [0.2, 0.25) is 0 Å². The normalized spacial score (nSPS) is 10.8. The van der Waals surface area contributed by atoms with E-state index in [2.05, 4.69) is 5.32 Å². The van der Waals surface area contributed by atoms with E-state index in [9.17, 15) is 0 Å². The summed E-state index contributed by atoms with van der Waals surface area (Å²) in [5.74, 6) is -0.111. The first-order valence-electron chi connectivity index (χ1n) is 5.73. The number of ether oxygens (including phenoxy) is 2. The predicted molar refractivity (Wildman–Crippen MR) is 72.7 cm³/mol. The first-order valence-corrected chi connectivity index (χ1v) is 7.39. The van der Waals surface area contributed by atoms with E-state index in [1.54, 1.807) is 0 Å². The molecule has 2 radical (unpaired) electrons. The Morgan fingerprint density at radius 2 is 1.88 bits per heavy atom. The standard InChI is InChI=1S/C12H18ClNO2Si/c1-3-15-12(16-4-2)17-9-14-11-8-6-5-7-10(11)13/h5-8,12,14H,3-4,9H2,1-2H3. The first kappa shape index (κ1) is 14.5. The van der Waals surface area contributed by atoms with Crippen LogP contribution in [0.1, 0.15) is 13.8 Å². The minimum Gasteiger partial charge on any atom is -0.387 e. The summed E-state index contributed by atoms with van der Waals surface area (Å²) in [7, 11) is 0.545. The second-order valence-corrected chi connectivity index (χ2v) is 4.92. The van der Waals surface area contributed by atoms with Crippen molar-refractivity contribution in [2.75, 3.05) is 24.7 Å². The highest BCUT2D eigenvalue weighted by Crippen LogP contribution is 2.19. The van der Waals surface area contributed by atoms with Gasteiger partial charge < -0.3 is 14.8 Å². The fourth-order valence-electron chi connectivity index (χ4n) is 1.30. The highest BCUT2D eigenvalue weighted by atomic mass is 35.5. The van der Waals surface area contributed by atoms with E-state index < -0.39 is 0 Å². The van der Waals surface area contributed by atoms with E-state index in [0.29, 0.717) is 22.7 Å². The van der Waals surface area contributed by atoms with Crippen molar-refractivity contribution in [1.29, 1.82) is 0 Å². The maximum absolute atomic E-state index is 6.04. The van der Waals surface area contributed by atoms with Crippen molar-refractivity contribution in [2.45, 2.75) is 19.8 Å². The topological polar surface area (TPSA) is 30.5 Å². The van der Waals surface area contributed by atoms with Gasteiger partial charge in [0, 0.05) is 19.4 Å². The van der Waals surface area contributed by atoms with E-state index in [0.717, 1.165) is 16.9 Å². The van der Waals surface area contributed by atoms with E-state index in [-0.39, 0.29) is 5.91 Å². The SMILES string of the molecule is CCOC(OCC)[Si]CNc1ccccc1Cl.